The van der Waals surface area contributed by atoms with Crippen molar-refractivity contribution in [1.29, 1.82) is 0 Å². The fourth-order valence-corrected chi connectivity index (χ4v) is 2.39. The molecule has 0 radical (unpaired) electrons. The minimum absolute atomic E-state index is 0.192. The summed E-state index contributed by atoms with van der Waals surface area (Å²) in [5.74, 6) is -0.392. The summed E-state index contributed by atoms with van der Waals surface area (Å²) in [4.78, 5) is 22.6. The first kappa shape index (κ1) is 16.3. The van der Waals surface area contributed by atoms with Crippen molar-refractivity contribution >= 4 is 39.1 Å². The molecule has 0 heterocycles. The Hall–Kier alpha value is -2.05. The van der Waals surface area contributed by atoms with E-state index in [2.05, 4.69) is 31.6 Å². The van der Waals surface area contributed by atoms with E-state index in [0.717, 1.165) is 4.47 Å². The third-order valence-corrected chi connectivity index (χ3v) is 3.60. The zero-order valence-electron chi connectivity index (χ0n) is 11.3. The largest absolute Gasteiger partial charge is 0.271 e. The van der Waals surface area contributed by atoms with Crippen LogP contribution in [0.15, 0.2) is 63.3 Å². The average molecular weight is 381 g/mol. The van der Waals surface area contributed by atoms with E-state index < -0.39 is 5.91 Å². The highest BCUT2D eigenvalue weighted by molar-refractivity contribution is 9.10. The number of hydrogen-bond acceptors (Lipinski definition) is 4. The number of nitroso groups, excluding NO2 is 1. The number of halogens is 2. The molecule has 22 heavy (non-hydrogen) atoms. The maximum absolute atomic E-state index is 12.0. The van der Waals surface area contributed by atoms with Crippen molar-refractivity contribution in [3.8, 4) is 0 Å². The van der Waals surface area contributed by atoms with E-state index in [4.69, 9.17) is 11.6 Å². The van der Waals surface area contributed by atoms with Gasteiger partial charge in [-0.3, -0.25) is 4.79 Å². The van der Waals surface area contributed by atoms with E-state index in [1.165, 1.54) is 0 Å². The summed E-state index contributed by atoms with van der Waals surface area (Å²) in [6.07, 6.45) is 0. The number of benzene rings is 2. The highest BCUT2D eigenvalue weighted by atomic mass is 79.9. The van der Waals surface area contributed by atoms with Crippen LogP contribution in [0.4, 0.5) is 0 Å². The van der Waals surface area contributed by atoms with Gasteiger partial charge in [0, 0.05) is 20.6 Å². The second-order valence-electron chi connectivity index (χ2n) is 4.28. The van der Waals surface area contributed by atoms with Gasteiger partial charge < -0.3 is 0 Å². The molecule has 112 valence electrons. The first-order valence-corrected chi connectivity index (χ1v) is 7.45. The summed E-state index contributed by atoms with van der Waals surface area (Å²) < 4.78 is 0.782. The summed E-state index contributed by atoms with van der Waals surface area (Å²) >= 11 is 9.36. The molecule has 2 rings (SSSR count). The van der Waals surface area contributed by atoms with Gasteiger partial charge in [0.1, 0.15) is 6.54 Å². The highest BCUT2D eigenvalue weighted by Crippen LogP contribution is 2.16. The maximum Gasteiger partial charge on any atom is 0.271 e. The molecule has 0 fully saturated rings. The first-order chi connectivity index (χ1) is 10.6. The lowest BCUT2D eigenvalue weighted by atomic mass is 10.1. The van der Waals surface area contributed by atoms with Crippen LogP contribution in [0.1, 0.15) is 15.9 Å². The Morgan fingerprint density at radius 3 is 2.64 bits per heavy atom. The van der Waals surface area contributed by atoms with Gasteiger partial charge in [0.25, 0.3) is 5.91 Å². The van der Waals surface area contributed by atoms with Gasteiger partial charge in [-0.25, -0.2) is 5.43 Å². The third kappa shape index (κ3) is 4.22. The number of rotatable bonds is 5. The number of hydrazone groups is 1. The topological polar surface area (TPSA) is 70.9 Å². The van der Waals surface area contributed by atoms with Crippen molar-refractivity contribution < 1.29 is 4.79 Å². The van der Waals surface area contributed by atoms with Crippen molar-refractivity contribution in [1.82, 2.24) is 5.43 Å². The average Bonchev–Trinajstić information content (AvgIpc) is 2.52. The molecule has 0 saturated carbocycles. The molecule has 1 amide bonds. The van der Waals surface area contributed by atoms with Crippen LogP contribution in [0.25, 0.3) is 0 Å². The predicted octanol–water partition coefficient (Wildman–Crippen LogP) is 4.00. The fourth-order valence-electron chi connectivity index (χ4n) is 1.75. The predicted molar refractivity (Wildman–Crippen MR) is 90.3 cm³/mol. The zero-order valence-corrected chi connectivity index (χ0v) is 13.6. The summed E-state index contributed by atoms with van der Waals surface area (Å²) in [5, 5.41) is 7.23. The number of amides is 1. The zero-order chi connectivity index (χ0) is 15.9. The Morgan fingerprint density at radius 2 is 1.95 bits per heavy atom. The second kappa shape index (κ2) is 7.82. The Morgan fingerprint density at radius 1 is 1.18 bits per heavy atom. The van der Waals surface area contributed by atoms with Crippen LogP contribution in [0, 0.1) is 4.91 Å². The third-order valence-electron chi connectivity index (χ3n) is 2.78. The Bertz CT molecular complexity index is 734. The molecule has 0 bridgehead atoms. The molecule has 2 aromatic carbocycles. The fraction of sp³-hybridized carbons (Fsp3) is 0.0667. The summed E-state index contributed by atoms with van der Waals surface area (Å²) in [5.41, 5.74) is 3.70. The summed E-state index contributed by atoms with van der Waals surface area (Å²) in [6.45, 7) is -0.192. The number of nitrogens with zero attached hydrogens (tertiary/aromatic N) is 2. The van der Waals surface area contributed by atoms with Crippen LogP contribution in [0.3, 0.4) is 0 Å². The normalized spacial score (nSPS) is 11.1. The van der Waals surface area contributed by atoms with Gasteiger partial charge in [-0.2, -0.15) is 10.0 Å². The smallest absolute Gasteiger partial charge is 0.267 e. The Kier molecular flexibility index (Phi) is 5.80. The van der Waals surface area contributed by atoms with Gasteiger partial charge in [0.15, 0.2) is 0 Å². The minimum Gasteiger partial charge on any atom is -0.267 e. The number of hydrogen-bond donors (Lipinski definition) is 1. The molecule has 0 aliphatic carbocycles. The van der Waals surface area contributed by atoms with E-state index in [1.54, 1.807) is 42.5 Å². The standard InChI is InChI=1S/C15H11BrClN3O2/c16-11-5-3-4-10(8-11)15(21)20-19-14(9-18-22)12-6-1-2-7-13(12)17/h1-8H,9H2,(H,20,21). The molecule has 2 aromatic rings. The lowest BCUT2D eigenvalue weighted by molar-refractivity contribution is 0.0955. The quantitative estimate of drug-likeness (QED) is 0.484. The molecular weight excluding hydrogens is 370 g/mol. The van der Waals surface area contributed by atoms with E-state index in [9.17, 15) is 9.70 Å². The van der Waals surface area contributed by atoms with Crippen molar-refractivity contribution in [2.24, 2.45) is 10.3 Å². The van der Waals surface area contributed by atoms with Gasteiger partial charge in [-0.05, 0) is 24.3 Å². The van der Waals surface area contributed by atoms with Gasteiger partial charge in [-0.1, -0.05) is 57.0 Å². The molecule has 0 spiro atoms. The molecule has 0 aliphatic rings. The lowest BCUT2D eigenvalue weighted by Crippen LogP contribution is -2.21. The molecule has 0 aliphatic heterocycles. The SMILES string of the molecule is O=NCC(=NNC(=O)c1cccc(Br)c1)c1ccccc1Cl. The van der Waals surface area contributed by atoms with Gasteiger partial charge in [0.05, 0.1) is 5.71 Å². The van der Waals surface area contributed by atoms with Crippen molar-refractivity contribution in [2.45, 2.75) is 0 Å². The Labute approximate surface area is 140 Å². The molecule has 1 N–H and O–H groups in total. The number of carbonyl (C=O) groups excluding carboxylic acids is 1. The van der Waals surface area contributed by atoms with Crippen LogP contribution >= 0.6 is 27.5 Å². The van der Waals surface area contributed by atoms with Crippen LogP contribution in [-0.4, -0.2) is 18.2 Å². The van der Waals surface area contributed by atoms with E-state index in [1.807, 2.05) is 6.07 Å². The number of carbonyl (C=O) groups is 1. The van der Waals surface area contributed by atoms with Crippen LogP contribution in [-0.2, 0) is 0 Å². The molecule has 7 heteroatoms. The van der Waals surface area contributed by atoms with Crippen molar-refractivity contribution in [3.05, 3.63) is 74.1 Å². The first-order valence-electron chi connectivity index (χ1n) is 6.28. The second-order valence-corrected chi connectivity index (χ2v) is 5.60. The summed E-state index contributed by atoms with van der Waals surface area (Å²) in [7, 11) is 0. The Balaban J connectivity index is 2.22. The molecule has 0 unspecified atom stereocenters. The maximum atomic E-state index is 12.0. The van der Waals surface area contributed by atoms with Gasteiger partial charge in [-0.15, -0.1) is 0 Å². The van der Waals surface area contributed by atoms with Crippen LogP contribution in [0.2, 0.25) is 5.02 Å². The number of nitrogens with one attached hydrogen (secondary N) is 1. The molecule has 0 atom stereocenters. The minimum atomic E-state index is -0.392. The lowest BCUT2D eigenvalue weighted by Gasteiger charge is -2.06. The molecule has 0 saturated heterocycles. The molecule has 5 nitrogen and oxygen atoms in total. The van der Waals surface area contributed by atoms with Gasteiger partial charge >= 0.3 is 0 Å². The molecule has 0 aromatic heterocycles. The monoisotopic (exact) mass is 379 g/mol. The summed E-state index contributed by atoms with van der Waals surface area (Å²) in [6, 6.07) is 13.8. The van der Waals surface area contributed by atoms with E-state index in [0.29, 0.717) is 21.9 Å². The molecular formula is C15H11BrClN3O2. The highest BCUT2D eigenvalue weighted by Gasteiger charge is 2.10. The van der Waals surface area contributed by atoms with Crippen molar-refractivity contribution in [2.75, 3.05) is 6.54 Å². The van der Waals surface area contributed by atoms with Crippen LogP contribution < -0.4 is 5.43 Å². The van der Waals surface area contributed by atoms with E-state index >= 15 is 0 Å². The van der Waals surface area contributed by atoms with Gasteiger partial charge in [0.2, 0.25) is 0 Å². The van der Waals surface area contributed by atoms with E-state index in [-0.39, 0.29) is 6.54 Å². The van der Waals surface area contributed by atoms with Crippen LogP contribution in [0.5, 0.6) is 0 Å². The van der Waals surface area contributed by atoms with Crippen molar-refractivity contribution in [3.63, 3.8) is 0 Å².